The van der Waals surface area contributed by atoms with E-state index in [1.807, 2.05) is 24.3 Å². The van der Waals surface area contributed by atoms with Crippen molar-refractivity contribution >= 4 is 51.3 Å². The quantitative estimate of drug-likeness (QED) is 0.576. The van der Waals surface area contributed by atoms with Gasteiger partial charge in [0.05, 0.1) is 19.2 Å². The minimum absolute atomic E-state index is 0.161. The van der Waals surface area contributed by atoms with Gasteiger partial charge < -0.3 is 10.1 Å². The molecule has 7 heteroatoms. The number of hydrogen-bond acceptors (Lipinski definition) is 5. The summed E-state index contributed by atoms with van der Waals surface area (Å²) in [6.45, 7) is 0. The van der Waals surface area contributed by atoms with Gasteiger partial charge in [0, 0.05) is 26.2 Å². The van der Waals surface area contributed by atoms with Crippen LogP contribution in [0.15, 0.2) is 48.5 Å². The van der Waals surface area contributed by atoms with E-state index in [0.717, 1.165) is 21.8 Å². The molecule has 0 aliphatic carbocycles. The molecule has 0 atom stereocenters. The van der Waals surface area contributed by atoms with Crippen molar-refractivity contribution in [2.75, 3.05) is 12.4 Å². The highest BCUT2D eigenvalue weighted by Gasteiger charge is 2.17. The third-order valence-corrected chi connectivity index (χ3v) is 4.92. The zero-order chi connectivity index (χ0) is 17.8. The van der Waals surface area contributed by atoms with Crippen LogP contribution < -0.4 is 5.32 Å². The number of carbonyl (C=O) groups is 1. The average Bonchev–Trinajstić information content (AvgIpc) is 2.99. The van der Waals surface area contributed by atoms with Crippen LogP contribution in [0.3, 0.4) is 0 Å². The number of nitrogens with one attached hydrogen (secondary N) is 1. The number of thiazole rings is 1. The van der Waals surface area contributed by atoms with Gasteiger partial charge in [-0.3, -0.25) is 4.79 Å². The number of halogens is 2. The molecular weight excluding hydrogens is 379 g/mol. The number of ether oxygens (including phenoxy) is 1. The summed E-state index contributed by atoms with van der Waals surface area (Å²) in [7, 11) is 1.37. The Balaban J connectivity index is 1.94. The Labute approximate surface area is 159 Å². The molecule has 0 saturated carbocycles. The molecule has 128 valence electrons. The van der Waals surface area contributed by atoms with Crippen LogP contribution in [0.2, 0.25) is 10.0 Å². The number of esters is 1. The number of anilines is 2. The molecule has 0 aliphatic heterocycles. The molecule has 2 aromatic carbocycles. The maximum atomic E-state index is 11.7. The summed E-state index contributed by atoms with van der Waals surface area (Å²) in [5.74, 6) is -0.308. The molecule has 0 fully saturated rings. The zero-order valence-corrected chi connectivity index (χ0v) is 15.6. The zero-order valence-electron chi connectivity index (χ0n) is 13.3. The fourth-order valence-corrected chi connectivity index (χ4v) is 3.46. The van der Waals surface area contributed by atoms with Gasteiger partial charge in [-0.2, -0.15) is 0 Å². The molecule has 4 nitrogen and oxygen atoms in total. The molecular formula is C18H14Cl2N2O2S. The first-order chi connectivity index (χ1) is 12.0. The Kier molecular flexibility index (Phi) is 5.58. The average molecular weight is 393 g/mol. The lowest BCUT2D eigenvalue weighted by Crippen LogP contribution is -2.03. The lowest BCUT2D eigenvalue weighted by Gasteiger charge is -2.02. The lowest BCUT2D eigenvalue weighted by molar-refractivity contribution is -0.139. The van der Waals surface area contributed by atoms with Gasteiger partial charge in [-0.1, -0.05) is 35.3 Å². The third kappa shape index (κ3) is 4.51. The fraction of sp³-hybridized carbons (Fsp3) is 0.111. The van der Waals surface area contributed by atoms with Gasteiger partial charge in [-0.25, -0.2) is 4.98 Å². The minimum Gasteiger partial charge on any atom is -0.469 e. The van der Waals surface area contributed by atoms with Crippen LogP contribution in [0, 0.1) is 0 Å². The van der Waals surface area contributed by atoms with E-state index < -0.39 is 0 Å². The van der Waals surface area contributed by atoms with Gasteiger partial charge in [-0.15, -0.1) is 11.3 Å². The molecule has 0 bridgehead atoms. The number of aromatic nitrogens is 1. The first-order valence-corrected chi connectivity index (χ1v) is 8.97. The number of rotatable bonds is 5. The standard InChI is InChI=1S/C18H14Cl2N2O2S/c1-24-16(23)10-15-17(11-2-4-12(19)5-3-11)22-18(25-15)21-14-8-6-13(20)7-9-14/h2-9H,10H2,1H3,(H,21,22). The van der Waals surface area contributed by atoms with Crippen LogP contribution in [0.25, 0.3) is 11.3 Å². The highest BCUT2D eigenvalue weighted by Crippen LogP contribution is 2.34. The van der Waals surface area contributed by atoms with Gasteiger partial charge in [-0.05, 0) is 36.4 Å². The van der Waals surface area contributed by atoms with Crippen molar-refractivity contribution in [1.29, 1.82) is 0 Å². The third-order valence-electron chi connectivity index (χ3n) is 3.44. The maximum absolute atomic E-state index is 11.7. The Morgan fingerprint density at radius 3 is 2.28 bits per heavy atom. The molecule has 0 radical (unpaired) electrons. The molecule has 3 rings (SSSR count). The lowest BCUT2D eigenvalue weighted by atomic mass is 10.1. The van der Waals surface area contributed by atoms with Crippen LogP contribution in [0.1, 0.15) is 4.88 Å². The normalized spacial score (nSPS) is 10.5. The molecule has 1 heterocycles. The van der Waals surface area contributed by atoms with Crippen molar-refractivity contribution in [2.45, 2.75) is 6.42 Å². The highest BCUT2D eigenvalue weighted by molar-refractivity contribution is 7.16. The van der Waals surface area contributed by atoms with Crippen LogP contribution in [0.5, 0.6) is 0 Å². The van der Waals surface area contributed by atoms with Crippen molar-refractivity contribution in [2.24, 2.45) is 0 Å². The molecule has 0 saturated heterocycles. The van der Waals surface area contributed by atoms with E-state index in [1.54, 1.807) is 24.3 Å². The van der Waals surface area contributed by atoms with Crippen molar-refractivity contribution in [3.63, 3.8) is 0 Å². The molecule has 1 aromatic heterocycles. The summed E-state index contributed by atoms with van der Waals surface area (Å²) in [4.78, 5) is 17.2. The summed E-state index contributed by atoms with van der Waals surface area (Å²) in [6.07, 6.45) is 0.161. The van der Waals surface area contributed by atoms with Gasteiger partial charge >= 0.3 is 5.97 Å². The predicted octanol–water partition coefficient (Wildman–Crippen LogP) is 5.58. The molecule has 0 unspecified atom stereocenters. The molecule has 1 N–H and O–H groups in total. The maximum Gasteiger partial charge on any atom is 0.310 e. The monoisotopic (exact) mass is 392 g/mol. The first kappa shape index (κ1) is 17.7. The van der Waals surface area contributed by atoms with Crippen LogP contribution >= 0.6 is 34.5 Å². The SMILES string of the molecule is COC(=O)Cc1sc(Nc2ccc(Cl)cc2)nc1-c1ccc(Cl)cc1. The summed E-state index contributed by atoms with van der Waals surface area (Å²) < 4.78 is 4.79. The van der Waals surface area contributed by atoms with E-state index in [1.165, 1.54) is 18.4 Å². The smallest absolute Gasteiger partial charge is 0.310 e. The number of nitrogens with zero attached hydrogens (tertiary/aromatic N) is 1. The number of methoxy groups -OCH3 is 1. The Morgan fingerprint density at radius 2 is 1.68 bits per heavy atom. The Bertz CT molecular complexity index is 877. The molecule has 3 aromatic rings. The van der Waals surface area contributed by atoms with Gasteiger partial charge in [0.25, 0.3) is 0 Å². The van der Waals surface area contributed by atoms with E-state index in [9.17, 15) is 4.79 Å². The second kappa shape index (κ2) is 7.87. The summed E-state index contributed by atoms with van der Waals surface area (Å²) in [6, 6.07) is 14.7. The number of carbonyl (C=O) groups excluding carboxylic acids is 1. The van der Waals surface area contributed by atoms with Crippen LogP contribution in [-0.4, -0.2) is 18.1 Å². The van der Waals surface area contributed by atoms with E-state index >= 15 is 0 Å². The Hall–Kier alpha value is -2.08. The summed E-state index contributed by atoms with van der Waals surface area (Å²) in [5.41, 5.74) is 2.50. The summed E-state index contributed by atoms with van der Waals surface area (Å²) in [5, 5.41) is 5.23. The van der Waals surface area contributed by atoms with Gasteiger partial charge in [0.1, 0.15) is 0 Å². The molecule has 0 spiro atoms. The Morgan fingerprint density at radius 1 is 1.08 bits per heavy atom. The number of hydrogen-bond donors (Lipinski definition) is 1. The van der Waals surface area contributed by atoms with Gasteiger partial charge in [0.15, 0.2) is 5.13 Å². The van der Waals surface area contributed by atoms with Crippen LogP contribution in [-0.2, 0) is 16.0 Å². The van der Waals surface area contributed by atoms with Gasteiger partial charge in [0.2, 0.25) is 0 Å². The van der Waals surface area contributed by atoms with Crippen molar-refractivity contribution in [1.82, 2.24) is 4.98 Å². The topological polar surface area (TPSA) is 51.2 Å². The van der Waals surface area contributed by atoms with Crippen molar-refractivity contribution in [3.05, 3.63) is 63.5 Å². The molecule has 0 aliphatic rings. The van der Waals surface area contributed by atoms with E-state index in [0.29, 0.717) is 15.2 Å². The van der Waals surface area contributed by atoms with E-state index in [4.69, 9.17) is 27.9 Å². The fourth-order valence-electron chi connectivity index (χ4n) is 2.22. The van der Waals surface area contributed by atoms with Crippen LogP contribution in [0.4, 0.5) is 10.8 Å². The van der Waals surface area contributed by atoms with E-state index in [2.05, 4.69) is 10.3 Å². The van der Waals surface area contributed by atoms with E-state index in [-0.39, 0.29) is 12.4 Å². The highest BCUT2D eigenvalue weighted by atomic mass is 35.5. The second-order valence-corrected chi connectivity index (χ2v) is 7.14. The minimum atomic E-state index is -0.308. The molecule has 0 amide bonds. The van der Waals surface area contributed by atoms with Crippen molar-refractivity contribution < 1.29 is 9.53 Å². The predicted molar refractivity (Wildman–Crippen MR) is 103 cm³/mol. The second-order valence-electron chi connectivity index (χ2n) is 5.18. The van der Waals surface area contributed by atoms with Crippen molar-refractivity contribution in [3.8, 4) is 11.3 Å². The summed E-state index contributed by atoms with van der Waals surface area (Å²) >= 11 is 13.3. The molecule has 25 heavy (non-hydrogen) atoms. The largest absolute Gasteiger partial charge is 0.469 e. The first-order valence-electron chi connectivity index (χ1n) is 7.40. The number of benzene rings is 2.